The molecule has 11 rings (SSSR count). The van der Waals surface area contributed by atoms with Crippen molar-refractivity contribution in [1.29, 1.82) is 0 Å². The van der Waals surface area contributed by atoms with E-state index < -0.39 is 0 Å². The smallest absolute Gasteiger partial charge is 0.164 e. The van der Waals surface area contributed by atoms with Gasteiger partial charge in [-0.15, -0.1) is 0 Å². The highest BCUT2D eigenvalue weighted by molar-refractivity contribution is 6.18. The molecule has 3 heteroatoms. The third kappa shape index (κ3) is 5.32. The molecule has 1 heterocycles. The summed E-state index contributed by atoms with van der Waals surface area (Å²) in [6.45, 7) is 0. The Labute approximate surface area is 325 Å². The summed E-state index contributed by atoms with van der Waals surface area (Å²) < 4.78 is 0. The molecule has 0 unspecified atom stereocenters. The third-order valence-corrected chi connectivity index (χ3v) is 11.1. The highest BCUT2D eigenvalue weighted by Gasteiger charge is 2.22. The summed E-state index contributed by atoms with van der Waals surface area (Å²) >= 11 is 0. The van der Waals surface area contributed by atoms with E-state index in [9.17, 15) is 0 Å². The van der Waals surface area contributed by atoms with E-state index in [2.05, 4.69) is 140 Å². The van der Waals surface area contributed by atoms with Crippen molar-refractivity contribution in [3.8, 4) is 89.8 Å². The lowest BCUT2D eigenvalue weighted by atomic mass is 9.88. The van der Waals surface area contributed by atoms with Gasteiger partial charge in [-0.2, -0.15) is 0 Å². The number of fused-ring (bicyclic) bond motifs is 4. The minimum Gasteiger partial charge on any atom is -0.208 e. The molecule has 10 aromatic rings. The van der Waals surface area contributed by atoms with Gasteiger partial charge in [-0.05, 0) is 77.2 Å². The maximum absolute atomic E-state index is 4.96. The Balaban J connectivity index is 0.991. The van der Waals surface area contributed by atoms with Crippen molar-refractivity contribution in [2.24, 2.45) is 0 Å². The summed E-state index contributed by atoms with van der Waals surface area (Å²) in [6, 6.07) is 71.2. The Hall–Kier alpha value is -7.49. The van der Waals surface area contributed by atoms with Crippen LogP contribution in [0.15, 0.2) is 200 Å². The molecule has 1 aliphatic rings. The Morgan fingerprint density at radius 3 is 1.30 bits per heavy atom. The van der Waals surface area contributed by atoms with E-state index in [0.29, 0.717) is 17.5 Å². The van der Waals surface area contributed by atoms with Gasteiger partial charge in [-0.1, -0.05) is 200 Å². The predicted octanol–water partition coefficient (Wildman–Crippen LogP) is 13.8. The normalized spacial score (nSPS) is 11.6. The third-order valence-electron chi connectivity index (χ3n) is 11.1. The van der Waals surface area contributed by atoms with Gasteiger partial charge in [0.1, 0.15) is 0 Å². The van der Waals surface area contributed by atoms with Crippen LogP contribution in [0.3, 0.4) is 0 Å². The number of hydrogen-bond donors (Lipinski definition) is 0. The first kappa shape index (κ1) is 32.0. The number of hydrogen-bond acceptors (Lipinski definition) is 3. The average molecular weight is 712 g/mol. The minimum absolute atomic E-state index is 0.644. The van der Waals surface area contributed by atoms with Crippen molar-refractivity contribution in [1.82, 2.24) is 15.0 Å². The Kier molecular flexibility index (Phi) is 7.49. The zero-order chi connectivity index (χ0) is 37.0. The fraction of sp³-hybridized carbons (Fsp3) is 0. The summed E-state index contributed by atoms with van der Waals surface area (Å²) in [7, 11) is 0. The first-order chi connectivity index (χ1) is 27.8. The topological polar surface area (TPSA) is 38.7 Å². The molecular weight excluding hydrogens is 679 g/mol. The SMILES string of the molecule is c1ccc(-c2nc(-c3ccccc3)nc(-c3ccc(-c4ccc5ccccc5c4-c4ccc(-c5ccc6c7c(cccc57)-c5ccccc5-6)cc4)cc3)n2)cc1. The minimum atomic E-state index is 0.644. The lowest BCUT2D eigenvalue weighted by molar-refractivity contribution is 1.07. The highest BCUT2D eigenvalue weighted by Crippen LogP contribution is 2.49. The van der Waals surface area contributed by atoms with Crippen LogP contribution >= 0.6 is 0 Å². The second-order valence-electron chi connectivity index (χ2n) is 14.3. The Morgan fingerprint density at radius 2 is 0.661 bits per heavy atom. The van der Waals surface area contributed by atoms with Gasteiger partial charge in [-0.25, -0.2) is 15.0 Å². The molecule has 1 aliphatic carbocycles. The van der Waals surface area contributed by atoms with E-state index in [4.69, 9.17) is 15.0 Å². The molecule has 0 saturated heterocycles. The van der Waals surface area contributed by atoms with Crippen LogP contribution in [0.4, 0.5) is 0 Å². The van der Waals surface area contributed by atoms with Crippen LogP contribution in [-0.2, 0) is 0 Å². The van der Waals surface area contributed by atoms with Gasteiger partial charge in [0.2, 0.25) is 0 Å². The molecule has 0 spiro atoms. The molecule has 56 heavy (non-hydrogen) atoms. The molecule has 0 amide bonds. The van der Waals surface area contributed by atoms with Crippen LogP contribution in [0, 0.1) is 0 Å². The fourth-order valence-electron chi connectivity index (χ4n) is 8.44. The molecule has 0 radical (unpaired) electrons. The van der Waals surface area contributed by atoms with Crippen molar-refractivity contribution >= 4 is 21.5 Å². The lowest BCUT2D eigenvalue weighted by Gasteiger charge is -2.16. The monoisotopic (exact) mass is 711 g/mol. The molecule has 260 valence electrons. The zero-order valence-corrected chi connectivity index (χ0v) is 30.4. The Morgan fingerprint density at radius 1 is 0.232 bits per heavy atom. The van der Waals surface area contributed by atoms with Gasteiger partial charge in [0.15, 0.2) is 17.5 Å². The van der Waals surface area contributed by atoms with Crippen molar-refractivity contribution < 1.29 is 0 Å². The summed E-state index contributed by atoms with van der Waals surface area (Å²) in [4.78, 5) is 14.8. The van der Waals surface area contributed by atoms with Crippen LogP contribution in [-0.4, -0.2) is 15.0 Å². The van der Waals surface area contributed by atoms with E-state index in [0.717, 1.165) is 22.3 Å². The second-order valence-corrected chi connectivity index (χ2v) is 14.3. The zero-order valence-electron chi connectivity index (χ0n) is 30.4. The van der Waals surface area contributed by atoms with Crippen LogP contribution < -0.4 is 0 Å². The predicted molar refractivity (Wildman–Crippen MR) is 232 cm³/mol. The molecule has 0 aliphatic heterocycles. The van der Waals surface area contributed by atoms with Crippen LogP contribution in [0.1, 0.15) is 0 Å². The standard InChI is InChI=1S/C53H33N3/c1-3-13-38(14-4-1)51-54-52(39-15-5-2-6-16-39)56-53(55-51)40-28-24-36(25-29-40)43-31-30-34-12-7-8-17-42(34)49(43)37-26-22-35(23-27-37)41-32-33-48-45-19-10-9-18-44(45)47-21-11-20-46(41)50(47)48/h1-33H. The van der Waals surface area contributed by atoms with Crippen molar-refractivity contribution in [2.75, 3.05) is 0 Å². The van der Waals surface area contributed by atoms with Gasteiger partial charge in [-0.3, -0.25) is 0 Å². The quantitative estimate of drug-likeness (QED) is 0.172. The molecular formula is C53H33N3. The van der Waals surface area contributed by atoms with Crippen LogP contribution in [0.25, 0.3) is 111 Å². The molecule has 0 fully saturated rings. The molecule has 1 aromatic heterocycles. The second kappa shape index (κ2) is 13.1. The molecule has 0 N–H and O–H groups in total. The number of rotatable bonds is 6. The molecule has 0 saturated carbocycles. The van der Waals surface area contributed by atoms with E-state index >= 15 is 0 Å². The van der Waals surface area contributed by atoms with Crippen LogP contribution in [0.5, 0.6) is 0 Å². The fourth-order valence-corrected chi connectivity index (χ4v) is 8.44. The largest absolute Gasteiger partial charge is 0.208 e. The molecule has 0 atom stereocenters. The van der Waals surface area contributed by atoms with E-state index in [-0.39, 0.29) is 0 Å². The van der Waals surface area contributed by atoms with Gasteiger partial charge in [0.05, 0.1) is 0 Å². The van der Waals surface area contributed by atoms with Gasteiger partial charge in [0, 0.05) is 16.7 Å². The summed E-state index contributed by atoms with van der Waals surface area (Å²) in [6.07, 6.45) is 0. The lowest BCUT2D eigenvalue weighted by Crippen LogP contribution is -2.00. The highest BCUT2D eigenvalue weighted by atomic mass is 15.0. The van der Waals surface area contributed by atoms with Crippen molar-refractivity contribution in [3.63, 3.8) is 0 Å². The Bertz CT molecular complexity index is 3010. The molecule has 9 aromatic carbocycles. The number of aromatic nitrogens is 3. The summed E-state index contributed by atoms with van der Waals surface area (Å²) in [5.41, 5.74) is 15.3. The van der Waals surface area contributed by atoms with E-state index in [1.807, 2.05) is 60.7 Å². The van der Waals surface area contributed by atoms with Gasteiger partial charge in [0.25, 0.3) is 0 Å². The first-order valence-electron chi connectivity index (χ1n) is 19.0. The van der Waals surface area contributed by atoms with Gasteiger partial charge < -0.3 is 0 Å². The number of nitrogens with zero attached hydrogens (tertiary/aromatic N) is 3. The van der Waals surface area contributed by atoms with Crippen molar-refractivity contribution in [3.05, 3.63) is 200 Å². The maximum atomic E-state index is 4.96. The molecule has 3 nitrogen and oxygen atoms in total. The van der Waals surface area contributed by atoms with Gasteiger partial charge >= 0.3 is 0 Å². The summed E-state index contributed by atoms with van der Waals surface area (Å²) in [5.74, 6) is 1.95. The first-order valence-corrected chi connectivity index (χ1v) is 19.0. The van der Waals surface area contributed by atoms with E-state index in [1.165, 1.54) is 71.6 Å². The average Bonchev–Trinajstić information content (AvgIpc) is 3.61. The summed E-state index contributed by atoms with van der Waals surface area (Å²) in [5, 5.41) is 5.08. The number of benzene rings is 9. The maximum Gasteiger partial charge on any atom is 0.164 e. The molecule has 0 bridgehead atoms. The van der Waals surface area contributed by atoms with Crippen LogP contribution in [0.2, 0.25) is 0 Å². The van der Waals surface area contributed by atoms with Crippen molar-refractivity contribution in [2.45, 2.75) is 0 Å². The van der Waals surface area contributed by atoms with E-state index in [1.54, 1.807) is 0 Å².